The van der Waals surface area contributed by atoms with Crippen molar-refractivity contribution in [3.05, 3.63) is 29.8 Å². The molecule has 0 fully saturated rings. The van der Waals surface area contributed by atoms with Crippen molar-refractivity contribution < 1.29 is 14.4 Å². The Morgan fingerprint density at radius 1 is 0.885 bits per heavy atom. The van der Waals surface area contributed by atoms with Gasteiger partial charge in [0.05, 0.1) is 0 Å². The molecule has 6 heteroatoms. The predicted octanol–water partition coefficient (Wildman–Crippen LogP) is 3.79. The SMILES string of the molecule is CCCCCCCC(=O)NNC(=O)c1ccc(NC(=O)CC(C)C)cc1. The van der Waals surface area contributed by atoms with Crippen molar-refractivity contribution in [2.45, 2.75) is 65.7 Å². The van der Waals surface area contributed by atoms with E-state index in [0.717, 1.165) is 19.3 Å². The van der Waals surface area contributed by atoms with E-state index in [-0.39, 0.29) is 23.6 Å². The first kappa shape index (κ1) is 21.7. The molecule has 0 aromatic heterocycles. The Labute approximate surface area is 156 Å². The monoisotopic (exact) mass is 361 g/mol. The fourth-order valence-electron chi connectivity index (χ4n) is 2.44. The van der Waals surface area contributed by atoms with Crippen LogP contribution in [0.15, 0.2) is 24.3 Å². The number of hydrogen-bond donors (Lipinski definition) is 3. The standard InChI is InChI=1S/C20H31N3O3/c1-4-5-6-7-8-9-18(24)22-23-20(26)16-10-12-17(13-11-16)21-19(25)14-15(2)3/h10-13,15H,4-9,14H2,1-3H3,(H,21,25)(H,22,24)(H,23,26). The number of rotatable bonds is 10. The molecule has 6 nitrogen and oxygen atoms in total. The molecule has 0 heterocycles. The maximum absolute atomic E-state index is 12.0. The van der Waals surface area contributed by atoms with Crippen LogP contribution < -0.4 is 16.2 Å². The van der Waals surface area contributed by atoms with Gasteiger partial charge in [-0.05, 0) is 36.6 Å². The maximum atomic E-state index is 12.0. The topological polar surface area (TPSA) is 87.3 Å². The summed E-state index contributed by atoms with van der Waals surface area (Å²) in [5.41, 5.74) is 5.90. The van der Waals surface area contributed by atoms with Crippen LogP contribution in [-0.2, 0) is 9.59 Å². The number of hydrogen-bond acceptors (Lipinski definition) is 3. The van der Waals surface area contributed by atoms with E-state index in [9.17, 15) is 14.4 Å². The molecule has 0 saturated carbocycles. The Bertz CT molecular complexity index is 582. The summed E-state index contributed by atoms with van der Waals surface area (Å²) in [4.78, 5) is 35.5. The smallest absolute Gasteiger partial charge is 0.269 e. The van der Waals surface area contributed by atoms with Crippen molar-refractivity contribution in [1.82, 2.24) is 10.9 Å². The van der Waals surface area contributed by atoms with Crippen molar-refractivity contribution in [1.29, 1.82) is 0 Å². The molecule has 1 aromatic carbocycles. The number of benzene rings is 1. The molecule has 3 amide bonds. The van der Waals surface area contributed by atoms with E-state index in [1.54, 1.807) is 24.3 Å². The molecular weight excluding hydrogens is 330 g/mol. The van der Waals surface area contributed by atoms with Gasteiger partial charge in [0, 0.05) is 24.1 Å². The van der Waals surface area contributed by atoms with Gasteiger partial charge in [-0.3, -0.25) is 25.2 Å². The maximum Gasteiger partial charge on any atom is 0.269 e. The summed E-state index contributed by atoms with van der Waals surface area (Å²) in [7, 11) is 0. The van der Waals surface area contributed by atoms with Crippen LogP contribution in [0, 0.1) is 5.92 Å². The van der Waals surface area contributed by atoms with Crippen LogP contribution in [0.25, 0.3) is 0 Å². The molecule has 0 spiro atoms. The Hall–Kier alpha value is -2.37. The number of unbranched alkanes of at least 4 members (excludes halogenated alkanes) is 4. The van der Waals surface area contributed by atoms with Crippen molar-refractivity contribution in [2.24, 2.45) is 5.92 Å². The second kappa shape index (κ2) is 12.1. The van der Waals surface area contributed by atoms with Crippen LogP contribution >= 0.6 is 0 Å². The molecule has 0 saturated heterocycles. The first-order valence-electron chi connectivity index (χ1n) is 9.41. The zero-order chi connectivity index (χ0) is 19.4. The lowest BCUT2D eigenvalue weighted by atomic mass is 10.1. The molecule has 0 atom stereocenters. The fourth-order valence-corrected chi connectivity index (χ4v) is 2.44. The van der Waals surface area contributed by atoms with Crippen LogP contribution in [0.5, 0.6) is 0 Å². The number of carbonyl (C=O) groups excluding carboxylic acids is 3. The highest BCUT2D eigenvalue weighted by Gasteiger charge is 2.09. The highest BCUT2D eigenvalue weighted by atomic mass is 16.2. The van der Waals surface area contributed by atoms with Gasteiger partial charge < -0.3 is 5.32 Å². The Kier molecular flexibility index (Phi) is 10.1. The van der Waals surface area contributed by atoms with Gasteiger partial charge in [-0.2, -0.15) is 0 Å². The minimum Gasteiger partial charge on any atom is -0.326 e. The average Bonchev–Trinajstić information content (AvgIpc) is 2.59. The molecule has 0 bridgehead atoms. The van der Waals surface area contributed by atoms with Gasteiger partial charge in [-0.1, -0.05) is 46.5 Å². The van der Waals surface area contributed by atoms with Crippen molar-refractivity contribution in [2.75, 3.05) is 5.32 Å². The molecule has 0 aliphatic carbocycles. The van der Waals surface area contributed by atoms with Crippen LogP contribution in [0.1, 0.15) is 76.1 Å². The van der Waals surface area contributed by atoms with E-state index in [1.165, 1.54) is 12.8 Å². The summed E-state index contributed by atoms with van der Waals surface area (Å²) in [6.07, 6.45) is 6.20. The average molecular weight is 361 g/mol. The molecule has 0 aliphatic rings. The van der Waals surface area contributed by atoms with Crippen molar-refractivity contribution in [3.63, 3.8) is 0 Å². The van der Waals surface area contributed by atoms with Crippen LogP contribution in [0.3, 0.4) is 0 Å². The molecule has 3 N–H and O–H groups in total. The summed E-state index contributed by atoms with van der Waals surface area (Å²) >= 11 is 0. The number of nitrogens with one attached hydrogen (secondary N) is 3. The molecule has 26 heavy (non-hydrogen) atoms. The third-order valence-electron chi connectivity index (χ3n) is 3.85. The largest absolute Gasteiger partial charge is 0.326 e. The number of amides is 3. The second-order valence-corrected chi connectivity index (χ2v) is 6.89. The Morgan fingerprint density at radius 2 is 1.54 bits per heavy atom. The van der Waals surface area contributed by atoms with Crippen LogP contribution in [0.2, 0.25) is 0 Å². The zero-order valence-corrected chi connectivity index (χ0v) is 16.1. The molecule has 144 valence electrons. The normalized spacial score (nSPS) is 10.5. The lowest BCUT2D eigenvalue weighted by Crippen LogP contribution is -2.41. The first-order chi connectivity index (χ1) is 12.4. The predicted molar refractivity (Wildman–Crippen MR) is 104 cm³/mol. The number of anilines is 1. The highest BCUT2D eigenvalue weighted by molar-refractivity contribution is 5.96. The highest BCUT2D eigenvalue weighted by Crippen LogP contribution is 2.11. The zero-order valence-electron chi connectivity index (χ0n) is 16.1. The van der Waals surface area contributed by atoms with Crippen LogP contribution in [-0.4, -0.2) is 17.7 Å². The van der Waals surface area contributed by atoms with Crippen molar-refractivity contribution in [3.8, 4) is 0 Å². The van der Waals surface area contributed by atoms with Crippen LogP contribution in [0.4, 0.5) is 5.69 Å². The molecule has 0 aliphatic heterocycles. The van der Waals surface area contributed by atoms with Gasteiger partial charge in [-0.25, -0.2) is 0 Å². The third kappa shape index (κ3) is 9.20. The molecular formula is C20H31N3O3. The number of carbonyl (C=O) groups is 3. The summed E-state index contributed by atoms with van der Waals surface area (Å²) in [6, 6.07) is 6.56. The van der Waals surface area contributed by atoms with E-state index in [2.05, 4.69) is 23.1 Å². The van der Waals surface area contributed by atoms with E-state index in [1.807, 2.05) is 13.8 Å². The fraction of sp³-hybridized carbons (Fsp3) is 0.550. The summed E-state index contributed by atoms with van der Waals surface area (Å²) in [6.45, 7) is 6.10. The number of hydrazine groups is 1. The van der Waals surface area contributed by atoms with Gasteiger partial charge in [0.25, 0.3) is 5.91 Å². The van der Waals surface area contributed by atoms with E-state index >= 15 is 0 Å². The minimum absolute atomic E-state index is 0.0524. The molecule has 1 aromatic rings. The van der Waals surface area contributed by atoms with Gasteiger partial charge in [0.2, 0.25) is 11.8 Å². The van der Waals surface area contributed by atoms with Crippen molar-refractivity contribution >= 4 is 23.4 Å². The molecule has 0 radical (unpaired) electrons. The van der Waals surface area contributed by atoms with Gasteiger partial charge >= 0.3 is 0 Å². The van der Waals surface area contributed by atoms with Gasteiger partial charge in [-0.15, -0.1) is 0 Å². The Morgan fingerprint density at radius 3 is 2.15 bits per heavy atom. The minimum atomic E-state index is -0.385. The molecule has 1 rings (SSSR count). The summed E-state index contributed by atoms with van der Waals surface area (Å²) < 4.78 is 0. The van der Waals surface area contributed by atoms with E-state index < -0.39 is 0 Å². The molecule has 0 unspecified atom stereocenters. The summed E-state index contributed by atoms with van der Waals surface area (Å²) in [5.74, 6) is -0.337. The first-order valence-corrected chi connectivity index (χ1v) is 9.41. The summed E-state index contributed by atoms with van der Waals surface area (Å²) in [5, 5.41) is 2.79. The van der Waals surface area contributed by atoms with Gasteiger partial charge in [0.1, 0.15) is 0 Å². The second-order valence-electron chi connectivity index (χ2n) is 6.89. The lowest BCUT2D eigenvalue weighted by molar-refractivity contribution is -0.122. The van der Waals surface area contributed by atoms with Gasteiger partial charge in [0.15, 0.2) is 0 Å². The third-order valence-corrected chi connectivity index (χ3v) is 3.85. The van der Waals surface area contributed by atoms with E-state index in [4.69, 9.17) is 0 Å². The quantitative estimate of drug-likeness (QED) is 0.438. The lowest BCUT2D eigenvalue weighted by Gasteiger charge is -2.09. The van der Waals surface area contributed by atoms with E-state index in [0.29, 0.717) is 24.1 Å². The Balaban J connectivity index is 2.34.